The van der Waals surface area contributed by atoms with Gasteiger partial charge in [0.2, 0.25) is 0 Å². The predicted octanol–water partition coefficient (Wildman–Crippen LogP) is 22.0. The molecule has 0 aromatic rings. The van der Waals surface area contributed by atoms with Crippen LogP contribution in [0.3, 0.4) is 0 Å². The van der Waals surface area contributed by atoms with Gasteiger partial charge < -0.3 is 33.8 Å². The van der Waals surface area contributed by atoms with E-state index in [4.69, 9.17) is 37.0 Å². The van der Waals surface area contributed by atoms with Crippen molar-refractivity contribution >= 4 is 39.5 Å². The van der Waals surface area contributed by atoms with E-state index in [1.165, 1.54) is 180 Å². The van der Waals surface area contributed by atoms with Crippen molar-refractivity contribution in [2.75, 3.05) is 39.6 Å². The zero-order valence-corrected chi connectivity index (χ0v) is 64.1. The van der Waals surface area contributed by atoms with Gasteiger partial charge in [-0.2, -0.15) is 0 Å². The highest BCUT2D eigenvalue weighted by atomic mass is 31.2. The summed E-state index contributed by atoms with van der Waals surface area (Å²) in [6.45, 7) is 14.2. The van der Waals surface area contributed by atoms with Gasteiger partial charge in [-0.25, -0.2) is 9.13 Å². The predicted molar refractivity (Wildman–Crippen MR) is 386 cm³/mol. The third kappa shape index (κ3) is 69.0. The third-order valence-corrected chi connectivity index (χ3v) is 19.8. The molecule has 95 heavy (non-hydrogen) atoms. The number of carbonyl (C=O) groups is 4. The number of phosphoric ester groups is 2. The molecule has 3 N–H and O–H groups in total. The number of carbonyl (C=O) groups excluding carboxylic acids is 4. The first-order valence-corrected chi connectivity index (χ1v) is 42.2. The van der Waals surface area contributed by atoms with Gasteiger partial charge >= 0.3 is 39.5 Å². The Morgan fingerprint density at radius 2 is 0.505 bits per heavy atom. The maximum absolute atomic E-state index is 13.1. The number of aliphatic hydroxyl groups is 1. The van der Waals surface area contributed by atoms with Gasteiger partial charge in [-0.05, 0) is 49.4 Å². The van der Waals surface area contributed by atoms with E-state index in [9.17, 15) is 43.2 Å². The van der Waals surface area contributed by atoms with E-state index in [0.717, 1.165) is 114 Å². The van der Waals surface area contributed by atoms with E-state index in [1.807, 2.05) is 0 Å². The standard InChI is InChI=1S/C76H148O17P2/c1-9-69(8)55-47-39-30-24-17-12-10-11-13-19-26-32-42-50-58-75(80)92-71(62-86-73(78)56-48-40-31-25-18-15-14-16-22-28-36-44-52-66(2)3)64-90-94(82,83)88-60-70(77)61-89-95(84,85)91-65-72(63-87-74(79)57-49-41-35-34-38-46-54-68(6)7)93-76(81)59-51-43-33-27-21-20-23-29-37-45-53-67(4)5/h66-72,77H,9-65H2,1-8H3,(H,82,83)(H,84,85)/t69?,70-,71-,72-/m1/s1. The molecule has 0 bridgehead atoms. The van der Waals surface area contributed by atoms with Crippen molar-refractivity contribution in [3.63, 3.8) is 0 Å². The van der Waals surface area contributed by atoms with Crippen molar-refractivity contribution < 1.29 is 80.2 Å². The van der Waals surface area contributed by atoms with Crippen LogP contribution in [0, 0.1) is 23.7 Å². The number of aliphatic hydroxyl groups excluding tert-OH is 1. The molecule has 0 fully saturated rings. The molecular weight excluding hydrogens is 1250 g/mol. The number of rotatable bonds is 73. The Labute approximate surface area is 581 Å². The fourth-order valence-electron chi connectivity index (χ4n) is 11.5. The minimum atomic E-state index is -4.96. The summed E-state index contributed by atoms with van der Waals surface area (Å²) < 4.78 is 68.5. The van der Waals surface area contributed by atoms with Crippen LogP contribution < -0.4 is 0 Å². The van der Waals surface area contributed by atoms with E-state index < -0.39 is 97.5 Å². The SMILES string of the molecule is CCC(C)CCCCCCCCCCCCCCCCC(=O)O[C@H](COC(=O)CCCCCCCCCCCCCCC(C)C)COP(=O)(O)OC[C@@H](O)COP(=O)(O)OC[C@@H](COC(=O)CCCCCCCCC(C)C)OC(=O)CCCCCCCCCCCCC(C)C. The lowest BCUT2D eigenvalue weighted by atomic mass is 9.99. The van der Waals surface area contributed by atoms with Crippen LogP contribution >= 0.6 is 15.6 Å². The maximum Gasteiger partial charge on any atom is 0.472 e. The molecule has 0 spiro atoms. The zero-order chi connectivity index (χ0) is 70.3. The highest BCUT2D eigenvalue weighted by Gasteiger charge is 2.30. The van der Waals surface area contributed by atoms with Gasteiger partial charge in [0.15, 0.2) is 12.2 Å². The van der Waals surface area contributed by atoms with Gasteiger partial charge in [-0.15, -0.1) is 0 Å². The van der Waals surface area contributed by atoms with Crippen molar-refractivity contribution in [2.45, 2.75) is 401 Å². The van der Waals surface area contributed by atoms with E-state index >= 15 is 0 Å². The smallest absolute Gasteiger partial charge is 0.462 e. The van der Waals surface area contributed by atoms with Crippen LogP contribution in [-0.4, -0.2) is 96.7 Å². The second-order valence-electron chi connectivity index (χ2n) is 29.1. The summed E-state index contributed by atoms with van der Waals surface area (Å²) >= 11 is 0. The average molecular weight is 1400 g/mol. The Bertz CT molecular complexity index is 1870. The van der Waals surface area contributed by atoms with Gasteiger partial charge in [0.25, 0.3) is 0 Å². The normalized spacial score (nSPS) is 14.4. The summed E-state index contributed by atoms with van der Waals surface area (Å²) in [6, 6.07) is 0. The number of phosphoric acid groups is 2. The molecule has 0 saturated heterocycles. The molecular formula is C76H148O17P2. The molecule has 0 aliphatic heterocycles. The highest BCUT2D eigenvalue weighted by Crippen LogP contribution is 2.45. The van der Waals surface area contributed by atoms with E-state index in [-0.39, 0.29) is 25.7 Å². The van der Waals surface area contributed by atoms with Crippen molar-refractivity contribution in [1.29, 1.82) is 0 Å². The Hall–Kier alpha value is -1.94. The van der Waals surface area contributed by atoms with Crippen LogP contribution in [0.25, 0.3) is 0 Å². The molecule has 0 aliphatic carbocycles. The monoisotopic (exact) mass is 1400 g/mol. The molecule has 6 atom stereocenters. The first kappa shape index (κ1) is 93.1. The molecule has 19 heteroatoms. The topological polar surface area (TPSA) is 237 Å². The fraction of sp³-hybridized carbons (Fsp3) is 0.947. The van der Waals surface area contributed by atoms with Crippen molar-refractivity contribution in [3.8, 4) is 0 Å². The van der Waals surface area contributed by atoms with E-state index in [1.54, 1.807) is 0 Å². The summed E-state index contributed by atoms with van der Waals surface area (Å²) in [5.74, 6) is 0.937. The van der Waals surface area contributed by atoms with Gasteiger partial charge in [0, 0.05) is 25.7 Å². The molecule has 0 radical (unpaired) electrons. The van der Waals surface area contributed by atoms with E-state index in [2.05, 4.69) is 55.4 Å². The Kier molecular flexibility index (Phi) is 64.0. The molecule has 0 aromatic heterocycles. The molecule has 0 aromatic carbocycles. The third-order valence-electron chi connectivity index (χ3n) is 17.9. The van der Waals surface area contributed by atoms with Gasteiger partial charge in [-0.3, -0.25) is 37.3 Å². The quantitative estimate of drug-likeness (QED) is 0.0222. The number of unbranched alkanes of at least 4 members (excludes halogenated alkanes) is 38. The lowest BCUT2D eigenvalue weighted by Crippen LogP contribution is -2.30. The fourth-order valence-corrected chi connectivity index (χ4v) is 13.1. The van der Waals surface area contributed by atoms with Crippen molar-refractivity contribution in [3.05, 3.63) is 0 Å². The molecule has 0 aliphatic rings. The lowest BCUT2D eigenvalue weighted by Gasteiger charge is -2.21. The van der Waals surface area contributed by atoms with Gasteiger partial charge in [0.1, 0.15) is 19.3 Å². The van der Waals surface area contributed by atoms with Gasteiger partial charge in [-0.1, -0.05) is 331 Å². The molecule has 0 saturated carbocycles. The highest BCUT2D eigenvalue weighted by molar-refractivity contribution is 7.47. The molecule has 564 valence electrons. The first-order valence-electron chi connectivity index (χ1n) is 39.2. The van der Waals surface area contributed by atoms with Crippen LogP contribution in [0.2, 0.25) is 0 Å². The average Bonchev–Trinajstić information content (AvgIpc) is 1.51. The van der Waals surface area contributed by atoms with E-state index in [0.29, 0.717) is 31.6 Å². The minimum Gasteiger partial charge on any atom is -0.462 e. The molecule has 0 rings (SSSR count). The second kappa shape index (κ2) is 65.4. The number of hydrogen-bond donors (Lipinski definition) is 3. The van der Waals surface area contributed by atoms with Gasteiger partial charge in [0.05, 0.1) is 26.4 Å². The second-order valence-corrected chi connectivity index (χ2v) is 32.0. The summed E-state index contributed by atoms with van der Waals surface area (Å²) in [7, 11) is -9.91. The molecule has 3 unspecified atom stereocenters. The lowest BCUT2D eigenvalue weighted by molar-refractivity contribution is -0.161. The summed E-state index contributed by atoms with van der Waals surface area (Å²) in [5, 5.41) is 10.6. The number of esters is 4. The van der Waals surface area contributed by atoms with Crippen molar-refractivity contribution in [2.24, 2.45) is 23.7 Å². The summed E-state index contributed by atoms with van der Waals surface area (Å²) in [6.07, 6.45) is 50.0. The Morgan fingerprint density at radius 1 is 0.295 bits per heavy atom. The first-order chi connectivity index (χ1) is 45.6. The van der Waals surface area contributed by atoms with Crippen LogP contribution in [0.1, 0.15) is 383 Å². The Morgan fingerprint density at radius 3 is 0.747 bits per heavy atom. The van der Waals surface area contributed by atoms with Crippen LogP contribution in [0.4, 0.5) is 0 Å². The maximum atomic E-state index is 13.1. The Balaban J connectivity index is 5.24. The zero-order valence-electron chi connectivity index (χ0n) is 62.3. The summed E-state index contributed by atoms with van der Waals surface area (Å²) in [5.41, 5.74) is 0. The summed E-state index contributed by atoms with van der Waals surface area (Å²) in [4.78, 5) is 72.8. The minimum absolute atomic E-state index is 0.104. The van der Waals surface area contributed by atoms with Crippen molar-refractivity contribution in [1.82, 2.24) is 0 Å². The van der Waals surface area contributed by atoms with Crippen LogP contribution in [-0.2, 0) is 65.4 Å². The molecule has 0 heterocycles. The largest absolute Gasteiger partial charge is 0.472 e. The van der Waals surface area contributed by atoms with Crippen LogP contribution in [0.5, 0.6) is 0 Å². The molecule has 17 nitrogen and oxygen atoms in total. The van der Waals surface area contributed by atoms with Crippen LogP contribution in [0.15, 0.2) is 0 Å². The molecule has 0 amide bonds. The number of hydrogen-bond acceptors (Lipinski definition) is 15. The number of ether oxygens (including phenoxy) is 4.